The van der Waals surface area contributed by atoms with E-state index in [1.54, 1.807) is 36.9 Å². The Morgan fingerprint density at radius 2 is 1.79 bits per heavy atom. The number of rotatable bonds is 6. The molecule has 33 heavy (non-hydrogen) atoms. The van der Waals surface area contributed by atoms with Crippen LogP contribution in [0, 0.1) is 11.3 Å². The average molecular weight is 432 g/mol. The van der Waals surface area contributed by atoms with Crippen molar-refractivity contribution >= 4 is 23.2 Å². The molecule has 0 unspecified atom stereocenters. The van der Waals surface area contributed by atoms with Crippen LogP contribution in [0.4, 0.5) is 17.3 Å². The zero-order chi connectivity index (χ0) is 22.7. The fraction of sp³-hybridized carbons (Fsp3) is 0.115. The number of anilines is 3. The molecular formula is C26H20N6O. The predicted octanol–water partition coefficient (Wildman–Crippen LogP) is 5.09. The summed E-state index contributed by atoms with van der Waals surface area (Å²) in [5, 5.41) is 15.4. The summed E-state index contributed by atoms with van der Waals surface area (Å²) < 4.78 is 0. The van der Waals surface area contributed by atoms with Gasteiger partial charge in [-0.2, -0.15) is 5.26 Å². The van der Waals surface area contributed by atoms with Gasteiger partial charge in [-0.05, 0) is 48.2 Å². The van der Waals surface area contributed by atoms with Crippen LogP contribution in [0.5, 0.6) is 0 Å². The van der Waals surface area contributed by atoms with E-state index < -0.39 is 0 Å². The SMILES string of the molecule is N#CC1(c2ccc(Nc3cc(C(=O)Nc4cnccc4-c4ccccc4)ccn3)nc2)CC1. The minimum Gasteiger partial charge on any atom is -0.325 e. The molecule has 1 aliphatic carbocycles. The summed E-state index contributed by atoms with van der Waals surface area (Å²) in [5.41, 5.74) is 3.53. The fourth-order valence-electron chi connectivity index (χ4n) is 3.67. The Kier molecular flexibility index (Phi) is 5.25. The van der Waals surface area contributed by atoms with E-state index in [1.165, 1.54) is 0 Å². The quantitative estimate of drug-likeness (QED) is 0.440. The summed E-state index contributed by atoms with van der Waals surface area (Å²) in [6.07, 6.45) is 8.38. The Hall–Kier alpha value is -4.57. The van der Waals surface area contributed by atoms with E-state index in [9.17, 15) is 10.1 Å². The van der Waals surface area contributed by atoms with E-state index in [1.807, 2.05) is 48.5 Å². The van der Waals surface area contributed by atoms with Gasteiger partial charge in [0.2, 0.25) is 0 Å². The first-order valence-electron chi connectivity index (χ1n) is 10.6. The third kappa shape index (κ3) is 4.27. The number of aromatic nitrogens is 3. The van der Waals surface area contributed by atoms with Crippen LogP contribution in [-0.4, -0.2) is 20.9 Å². The number of nitrogens with one attached hydrogen (secondary N) is 2. The molecule has 1 aliphatic rings. The smallest absolute Gasteiger partial charge is 0.255 e. The molecule has 0 saturated heterocycles. The second-order valence-corrected chi connectivity index (χ2v) is 7.92. The van der Waals surface area contributed by atoms with Crippen LogP contribution in [-0.2, 0) is 5.41 Å². The van der Waals surface area contributed by atoms with E-state index in [0.29, 0.717) is 22.9 Å². The second-order valence-electron chi connectivity index (χ2n) is 7.92. The molecule has 1 aromatic carbocycles. The van der Waals surface area contributed by atoms with Gasteiger partial charge in [0.25, 0.3) is 5.91 Å². The van der Waals surface area contributed by atoms with Crippen LogP contribution in [0.2, 0.25) is 0 Å². The summed E-state index contributed by atoms with van der Waals surface area (Å²) in [4.78, 5) is 25.8. The van der Waals surface area contributed by atoms with E-state index in [0.717, 1.165) is 29.5 Å². The predicted molar refractivity (Wildman–Crippen MR) is 126 cm³/mol. The lowest BCUT2D eigenvalue weighted by Gasteiger charge is -2.12. The van der Waals surface area contributed by atoms with Crippen molar-refractivity contribution in [3.05, 3.63) is 96.6 Å². The van der Waals surface area contributed by atoms with Crippen molar-refractivity contribution in [2.75, 3.05) is 10.6 Å². The second kappa shape index (κ2) is 8.52. The Balaban J connectivity index is 1.32. The van der Waals surface area contributed by atoms with Crippen molar-refractivity contribution < 1.29 is 4.79 Å². The highest BCUT2D eigenvalue weighted by atomic mass is 16.1. The van der Waals surface area contributed by atoms with Crippen molar-refractivity contribution in [1.82, 2.24) is 15.0 Å². The van der Waals surface area contributed by atoms with Crippen molar-refractivity contribution in [3.63, 3.8) is 0 Å². The number of hydrogen-bond donors (Lipinski definition) is 2. The van der Waals surface area contributed by atoms with Crippen LogP contribution in [0.25, 0.3) is 11.1 Å². The molecule has 7 heteroatoms. The van der Waals surface area contributed by atoms with Crippen molar-refractivity contribution in [1.29, 1.82) is 5.26 Å². The van der Waals surface area contributed by atoms with Gasteiger partial charge < -0.3 is 10.6 Å². The number of hydrogen-bond acceptors (Lipinski definition) is 6. The first kappa shape index (κ1) is 20.3. The molecule has 1 saturated carbocycles. The van der Waals surface area contributed by atoms with Gasteiger partial charge in [-0.15, -0.1) is 0 Å². The summed E-state index contributed by atoms with van der Waals surface area (Å²) in [6.45, 7) is 0. The first-order chi connectivity index (χ1) is 16.2. The largest absolute Gasteiger partial charge is 0.325 e. The number of nitrogens with zero attached hydrogens (tertiary/aromatic N) is 4. The first-order valence-corrected chi connectivity index (χ1v) is 10.6. The van der Waals surface area contributed by atoms with Gasteiger partial charge >= 0.3 is 0 Å². The molecule has 3 heterocycles. The van der Waals surface area contributed by atoms with Gasteiger partial charge in [-0.3, -0.25) is 9.78 Å². The lowest BCUT2D eigenvalue weighted by molar-refractivity contribution is 0.102. The fourth-order valence-corrected chi connectivity index (χ4v) is 3.67. The zero-order valence-electron chi connectivity index (χ0n) is 17.7. The van der Waals surface area contributed by atoms with E-state index in [4.69, 9.17) is 0 Å². The zero-order valence-corrected chi connectivity index (χ0v) is 17.7. The average Bonchev–Trinajstić information content (AvgIpc) is 3.67. The van der Waals surface area contributed by atoms with Crippen molar-refractivity contribution in [2.24, 2.45) is 0 Å². The van der Waals surface area contributed by atoms with Gasteiger partial charge in [-0.25, -0.2) is 9.97 Å². The Labute approximate surface area is 191 Å². The highest BCUT2D eigenvalue weighted by molar-refractivity contribution is 6.06. The maximum absolute atomic E-state index is 13.0. The van der Waals surface area contributed by atoms with E-state index in [-0.39, 0.29) is 11.3 Å². The minimum absolute atomic E-state index is 0.265. The molecule has 2 N–H and O–H groups in total. The van der Waals surface area contributed by atoms with Crippen molar-refractivity contribution in [2.45, 2.75) is 18.3 Å². The third-order valence-corrected chi connectivity index (χ3v) is 5.71. The van der Waals surface area contributed by atoms with Gasteiger partial charge in [0, 0.05) is 29.7 Å². The molecule has 3 aromatic heterocycles. The minimum atomic E-state index is -0.368. The highest BCUT2D eigenvalue weighted by Crippen LogP contribution is 2.47. The molecule has 0 aliphatic heterocycles. The molecule has 0 radical (unpaired) electrons. The normalized spacial score (nSPS) is 13.5. The highest BCUT2D eigenvalue weighted by Gasteiger charge is 2.45. The molecule has 1 amide bonds. The number of carbonyl (C=O) groups is 1. The number of nitriles is 1. The molecule has 0 bridgehead atoms. The monoisotopic (exact) mass is 432 g/mol. The van der Waals surface area contributed by atoms with Crippen molar-refractivity contribution in [3.8, 4) is 17.2 Å². The number of amides is 1. The number of pyridine rings is 3. The van der Waals surface area contributed by atoms with Crippen LogP contribution >= 0.6 is 0 Å². The van der Waals surface area contributed by atoms with Gasteiger partial charge in [-0.1, -0.05) is 36.4 Å². The Morgan fingerprint density at radius 3 is 2.52 bits per heavy atom. The summed E-state index contributed by atoms with van der Waals surface area (Å²) in [5.74, 6) is 0.827. The van der Waals surface area contributed by atoms with Gasteiger partial charge in [0.05, 0.1) is 23.4 Å². The summed E-state index contributed by atoms with van der Waals surface area (Å²) in [6, 6.07) is 21.1. The molecule has 4 aromatic rings. The number of carbonyl (C=O) groups excluding carboxylic acids is 1. The number of benzene rings is 1. The molecular weight excluding hydrogens is 412 g/mol. The van der Waals surface area contributed by atoms with Crippen LogP contribution < -0.4 is 10.6 Å². The Bertz CT molecular complexity index is 1340. The third-order valence-electron chi connectivity index (χ3n) is 5.71. The summed E-state index contributed by atoms with van der Waals surface area (Å²) in [7, 11) is 0. The standard InChI is InChI=1S/C26H20N6O/c27-17-26(10-11-26)20-6-7-23(30-15-20)32-24-14-19(8-13-29-24)25(33)31-22-16-28-12-9-21(22)18-4-2-1-3-5-18/h1-9,12-16H,10-11H2,(H,31,33)(H,29,30,32). The van der Waals surface area contributed by atoms with Gasteiger partial charge in [0.15, 0.2) is 0 Å². The Morgan fingerprint density at radius 1 is 0.939 bits per heavy atom. The lowest BCUT2D eigenvalue weighted by Crippen LogP contribution is -2.13. The van der Waals surface area contributed by atoms with E-state index >= 15 is 0 Å². The molecule has 1 fully saturated rings. The van der Waals surface area contributed by atoms with E-state index in [2.05, 4.69) is 31.7 Å². The van der Waals surface area contributed by atoms with Crippen LogP contribution in [0.3, 0.4) is 0 Å². The topological polar surface area (TPSA) is 104 Å². The lowest BCUT2D eigenvalue weighted by atomic mass is 10.0. The maximum atomic E-state index is 13.0. The maximum Gasteiger partial charge on any atom is 0.255 e. The molecule has 160 valence electrons. The van der Waals surface area contributed by atoms with Gasteiger partial charge in [0.1, 0.15) is 11.6 Å². The summed E-state index contributed by atoms with van der Waals surface area (Å²) >= 11 is 0. The molecule has 7 nitrogen and oxygen atoms in total. The molecule has 5 rings (SSSR count). The molecule has 0 atom stereocenters. The van der Waals surface area contributed by atoms with Crippen LogP contribution in [0.1, 0.15) is 28.8 Å². The van der Waals surface area contributed by atoms with Crippen LogP contribution in [0.15, 0.2) is 85.5 Å². The molecule has 0 spiro atoms.